The Bertz CT molecular complexity index is 1800. The molecule has 0 aliphatic heterocycles. The predicted molar refractivity (Wildman–Crippen MR) is 157 cm³/mol. The molecule has 42 heavy (non-hydrogen) atoms. The summed E-state index contributed by atoms with van der Waals surface area (Å²) in [7, 11) is -8.39. The van der Waals surface area contributed by atoms with Gasteiger partial charge in [0.2, 0.25) is 5.91 Å². The topological polar surface area (TPSA) is 113 Å². The van der Waals surface area contributed by atoms with Gasteiger partial charge in [0.05, 0.1) is 21.0 Å². The molecular weight excluding hydrogens is 659 g/mol. The van der Waals surface area contributed by atoms with Gasteiger partial charge in [-0.15, -0.1) is 0 Å². The van der Waals surface area contributed by atoms with Crippen LogP contribution in [0.25, 0.3) is 0 Å². The summed E-state index contributed by atoms with van der Waals surface area (Å²) in [6.45, 7) is 1.23. The van der Waals surface area contributed by atoms with E-state index in [1.54, 1.807) is 36.4 Å². The lowest BCUT2D eigenvalue weighted by Gasteiger charge is -2.24. The maximum absolute atomic E-state index is 13.5. The summed E-state index contributed by atoms with van der Waals surface area (Å²) in [6.07, 6.45) is -4.65. The first-order chi connectivity index (χ1) is 19.6. The Morgan fingerprint density at radius 2 is 1.40 bits per heavy atom. The Kier molecular flexibility index (Phi) is 8.99. The van der Waals surface area contributed by atoms with Crippen LogP contribution >= 0.6 is 15.9 Å². The summed E-state index contributed by atoms with van der Waals surface area (Å²) >= 11 is 3.30. The Morgan fingerprint density at radius 1 is 0.810 bits per heavy atom. The highest BCUT2D eigenvalue weighted by atomic mass is 79.9. The number of rotatable bonds is 9. The molecule has 4 aromatic rings. The minimum atomic E-state index is -4.65. The first kappa shape index (κ1) is 31.1. The third kappa shape index (κ3) is 7.49. The second-order valence-electron chi connectivity index (χ2n) is 9.06. The van der Waals surface area contributed by atoms with Crippen LogP contribution in [-0.2, 0) is 31.0 Å². The molecule has 0 aliphatic rings. The largest absolute Gasteiger partial charge is 0.416 e. The van der Waals surface area contributed by atoms with E-state index >= 15 is 0 Å². The average Bonchev–Trinajstić information content (AvgIpc) is 2.92. The molecule has 2 N–H and O–H groups in total. The van der Waals surface area contributed by atoms with E-state index in [0.29, 0.717) is 10.5 Å². The molecule has 0 aromatic heterocycles. The van der Waals surface area contributed by atoms with Crippen LogP contribution in [0.4, 0.5) is 30.2 Å². The molecule has 0 unspecified atom stereocenters. The molecule has 4 aromatic carbocycles. The molecule has 4 rings (SSSR count). The van der Waals surface area contributed by atoms with Gasteiger partial charge in [0.15, 0.2) is 0 Å². The Labute approximate surface area is 249 Å². The van der Waals surface area contributed by atoms with Crippen molar-refractivity contribution in [3.05, 3.63) is 113 Å². The van der Waals surface area contributed by atoms with Crippen molar-refractivity contribution in [2.75, 3.05) is 20.9 Å². The number of nitrogens with one attached hydrogen (secondary N) is 2. The zero-order valence-electron chi connectivity index (χ0n) is 21.8. The van der Waals surface area contributed by atoms with Crippen molar-refractivity contribution >= 4 is 58.9 Å². The molecule has 14 heteroatoms. The van der Waals surface area contributed by atoms with Gasteiger partial charge < -0.3 is 5.32 Å². The zero-order chi connectivity index (χ0) is 30.7. The van der Waals surface area contributed by atoms with E-state index in [1.165, 1.54) is 30.3 Å². The van der Waals surface area contributed by atoms with Crippen molar-refractivity contribution in [1.29, 1.82) is 0 Å². The number of alkyl halides is 3. The molecular formula is C28H23BrF3N3O5S2. The fourth-order valence-electron chi connectivity index (χ4n) is 3.78. The summed E-state index contributed by atoms with van der Waals surface area (Å²) in [5.74, 6) is -0.702. The van der Waals surface area contributed by atoms with Gasteiger partial charge in [0.1, 0.15) is 6.54 Å². The Hall–Kier alpha value is -3.88. The molecule has 0 saturated carbocycles. The number of benzene rings is 4. The van der Waals surface area contributed by atoms with Crippen LogP contribution in [0.15, 0.2) is 111 Å². The number of nitrogens with zero attached hydrogens (tertiary/aromatic N) is 1. The summed E-state index contributed by atoms with van der Waals surface area (Å²) in [4.78, 5) is 12.7. The number of aryl methyl sites for hydroxylation is 1. The van der Waals surface area contributed by atoms with Gasteiger partial charge in [-0.3, -0.25) is 13.8 Å². The Morgan fingerprint density at radius 3 is 2.00 bits per heavy atom. The van der Waals surface area contributed by atoms with Crippen molar-refractivity contribution in [3.8, 4) is 0 Å². The van der Waals surface area contributed by atoms with E-state index in [1.807, 2.05) is 6.92 Å². The van der Waals surface area contributed by atoms with E-state index in [-0.39, 0.29) is 26.9 Å². The highest BCUT2D eigenvalue weighted by Crippen LogP contribution is 2.31. The molecule has 0 fully saturated rings. The average molecular weight is 683 g/mol. The third-order valence-corrected chi connectivity index (χ3v) is 9.62. The molecule has 0 heterocycles. The van der Waals surface area contributed by atoms with Crippen molar-refractivity contribution in [2.24, 2.45) is 0 Å². The van der Waals surface area contributed by atoms with Crippen molar-refractivity contribution < 1.29 is 34.8 Å². The van der Waals surface area contributed by atoms with Gasteiger partial charge in [-0.25, -0.2) is 16.8 Å². The monoisotopic (exact) mass is 681 g/mol. The number of carbonyl (C=O) groups is 1. The number of halogens is 4. The van der Waals surface area contributed by atoms with E-state index in [4.69, 9.17) is 0 Å². The predicted octanol–water partition coefficient (Wildman–Crippen LogP) is 6.41. The van der Waals surface area contributed by atoms with Crippen LogP contribution < -0.4 is 14.3 Å². The van der Waals surface area contributed by atoms with Gasteiger partial charge in [0.25, 0.3) is 20.0 Å². The summed E-state index contributed by atoms with van der Waals surface area (Å²) in [5.41, 5.74) is -0.0118. The number of hydrogen-bond donors (Lipinski definition) is 2. The van der Waals surface area contributed by atoms with Gasteiger partial charge in [-0.05, 0) is 85.8 Å². The molecule has 0 spiro atoms. The molecule has 0 radical (unpaired) electrons. The molecule has 1 amide bonds. The highest BCUT2D eigenvalue weighted by molar-refractivity contribution is 9.10. The van der Waals surface area contributed by atoms with Crippen LogP contribution in [0, 0.1) is 6.92 Å². The van der Waals surface area contributed by atoms with Crippen LogP contribution in [0.1, 0.15) is 11.1 Å². The lowest BCUT2D eigenvalue weighted by atomic mass is 10.2. The lowest BCUT2D eigenvalue weighted by Crippen LogP contribution is -2.38. The van der Waals surface area contributed by atoms with Gasteiger partial charge in [0, 0.05) is 15.8 Å². The van der Waals surface area contributed by atoms with Gasteiger partial charge >= 0.3 is 6.18 Å². The highest BCUT2D eigenvalue weighted by Gasteiger charge is 2.31. The molecule has 0 saturated heterocycles. The smallest absolute Gasteiger partial charge is 0.325 e. The normalized spacial score (nSPS) is 12.0. The quantitative estimate of drug-likeness (QED) is 0.212. The van der Waals surface area contributed by atoms with E-state index in [0.717, 1.165) is 34.1 Å². The molecule has 8 nitrogen and oxygen atoms in total. The zero-order valence-corrected chi connectivity index (χ0v) is 25.0. The number of amides is 1. The SMILES string of the molecule is Cc1ccc(S(=O)(=O)N(CC(=O)Nc2ccc(S(=O)(=O)Nc3cccc(C(F)(F)F)c3)cc2)c2ccc(Br)cc2)cc1. The van der Waals surface area contributed by atoms with E-state index in [2.05, 4.69) is 26.0 Å². The minimum absolute atomic E-state index is 0.00773. The fraction of sp³-hybridized carbons (Fsp3) is 0.107. The maximum Gasteiger partial charge on any atom is 0.416 e. The second kappa shape index (κ2) is 12.2. The second-order valence-corrected chi connectivity index (χ2v) is 13.5. The number of carbonyl (C=O) groups excluding carboxylic acids is 1. The molecule has 0 bridgehead atoms. The van der Waals surface area contributed by atoms with Crippen LogP contribution in [0.5, 0.6) is 0 Å². The molecule has 0 atom stereocenters. The molecule has 0 aliphatic carbocycles. The van der Waals surface area contributed by atoms with Crippen LogP contribution in [0.3, 0.4) is 0 Å². The minimum Gasteiger partial charge on any atom is -0.325 e. The van der Waals surface area contributed by atoms with Crippen molar-refractivity contribution in [2.45, 2.75) is 22.9 Å². The Balaban J connectivity index is 1.51. The summed E-state index contributed by atoms with van der Waals surface area (Å²) < 4.78 is 95.2. The standard InChI is InChI=1S/C28H23BrF3N3O5S2/c1-19-5-13-26(14-6-19)42(39,40)35(24-11-7-21(29)8-12-24)18-27(36)33-22-9-15-25(16-10-22)41(37,38)34-23-4-2-3-20(17-23)28(30,31)32/h2-17,34H,18H2,1H3,(H,33,36). The molecule has 220 valence electrons. The summed E-state index contributed by atoms with van der Waals surface area (Å²) in [6, 6.07) is 21.1. The van der Waals surface area contributed by atoms with E-state index < -0.39 is 44.2 Å². The van der Waals surface area contributed by atoms with Crippen LogP contribution in [-0.4, -0.2) is 29.3 Å². The number of sulfonamides is 2. The van der Waals surface area contributed by atoms with Crippen molar-refractivity contribution in [3.63, 3.8) is 0 Å². The first-order valence-corrected chi connectivity index (χ1v) is 15.8. The lowest BCUT2D eigenvalue weighted by molar-refractivity contribution is -0.137. The third-order valence-electron chi connectivity index (χ3n) is 5.90. The van der Waals surface area contributed by atoms with E-state index in [9.17, 15) is 34.8 Å². The van der Waals surface area contributed by atoms with Gasteiger partial charge in [-0.1, -0.05) is 39.7 Å². The summed E-state index contributed by atoms with van der Waals surface area (Å²) in [5, 5.41) is 2.54. The van der Waals surface area contributed by atoms with Gasteiger partial charge in [-0.2, -0.15) is 13.2 Å². The van der Waals surface area contributed by atoms with Crippen molar-refractivity contribution in [1.82, 2.24) is 0 Å². The maximum atomic E-state index is 13.5. The number of hydrogen-bond acceptors (Lipinski definition) is 5. The fourth-order valence-corrected chi connectivity index (χ4v) is 6.52. The number of anilines is 3. The van der Waals surface area contributed by atoms with Crippen LogP contribution in [0.2, 0.25) is 0 Å². The first-order valence-electron chi connectivity index (χ1n) is 12.1.